The van der Waals surface area contributed by atoms with Gasteiger partial charge in [0.15, 0.2) is 6.29 Å². The summed E-state index contributed by atoms with van der Waals surface area (Å²) in [4.78, 5) is 11.3. The summed E-state index contributed by atoms with van der Waals surface area (Å²) < 4.78 is 15.0. The van der Waals surface area contributed by atoms with E-state index < -0.39 is 30.7 Å². The molecule has 1 saturated heterocycles. The van der Waals surface area contributed by atoms with Crippen LogP contribution in [0, 0.1) is 0 Å². The van der Waals surface area contributed by atoms with Gasteiger partial charge >= 0.3 is 5.97 Å². The first-order chi connectivity index (χ1) is 9.01. The number of hydrogen-bond acceptors (Lipinski definition) is 7. The Kier molecular flexibility index (Phi) is 6.67. The van der Waals surface area contributed by atoms with Gasteiger partial charge < -0.3 is 29.5 Å². The van der Waals surface area contributed by atoms with Gasteiger partial charge in [-0.15, -0.1) is 0 Å². The molecule has 3 N–H and O–H groups in total. The van der Waals surface area contributed by atoms with Crippen LogP contribution in [0.5, 0.6) is 0 Å². The predicted molar refractivity (Wildman–Crippen MR) is 64.2 cm³/mol. The van der Waals surface area contributed by atoms with Crippen molar-refractivity contribution in [3.63, 3.8) is 0 Å². The van der Waals surface area contributed by atoms with Crippen LogP contribution in [0.25, 0.3) is 0 Å². The highest BCUT2D eigenvalue weighted by Gasteiger charge is 2.44. The Morgan fingerprint density at radius 3 is 2.47 bits per heavy atom. The van der Waals surface area contributed by atoms with E-state index in [2.05, 4.69) is 0 Å². The number of ether oxygens (including phenoxy) is 3. The fraction of sp³-hybridized carbons (Fsp3) is 0.917. The van der Waals surface area contributed by atoms with Crippen LogP contribution >= 0.6 is 0 Å². The highest BCUT2D eigenvalue weighted by atomic mass is 16.7. The van der Waals surface area contributed by atoms with E-state index in [1.807, 2.05) is 6.92 Å². The fourth-order valence-electron chi connectivity index (χ4n) is 1.82. The molecule has 0 aliphatic carbocycles. The Morgan fingerprint density at radius 1 is 1.21 bits per heavy atom. The van der Waals surface area contributed by atoms with Crippen molar-refractivity contribution in [3.05, 3.63) is 0 Å². The summed E-state index contributed by atoms with van der Waals surface area (Å²) in [6, 6.07) is 0. The second-order valence-electron chi connectivity index (χ2n) is 4.54. The van der Waals surface area contributed by atoms with Crippen molar-refractivity contribution in [1.29, 1.82) is 0 Å². The van der Waals surface area contributed by atoms with Crippen molar-refractivity contribution in [3.8, 4) is 0 Å². The Morgan fingerprint density at radius 2 is 1.89 bits per heavy atom. The van der Waals surface area contributed by atoms with Crippen molar-refractivity contribution in [2.24, 2.45) is 0 Å². The summed E-state index contributed by atoms with van der Waals surface area (Å²) in [6.07, 6.45) is -4.14. The molecule has 1 rings (SSSR count). The Balaban J connectivity index is 2.46. The smallest absolute Gasteiger partial charge is 0.305 e. The summed E-state index contributed by atoms with van der Waals surface area (Å²) in [5.41, 5.74) is 0. The minimum absolute atomic E-state index is 0.187. The number of aliphatic hydroxyl groups excluding tert-OH is 3. The SMILES string of the molecule is CCCCC(=O)OC[C@H]1O[C@@H](OC)[C@H](O)[C@@H](O)[C@@H]1O. The van der Waals surface area contributed by atoms with Gasteiger partial charge in [-0.25, -0.2) is 0 Å². The molecule has 7 nitrogen and oxygen atoms in total. The second kappa shape index (κ2) is 7.76. The van der Waals surface area contributed by atoms with E-state index in [-0.39, 0.29) is 12.6 Å². The molecule has 5 atom stereocenters. The number of hydrogen-bond donors (Lipinski definition) is 3. The number of carbonyl (C=O) groups excluding carboxylic acids is 1. The van der Waals surface area contributed by atoms with E-state index in [0.29, 0.717) is 6.42 Å². The lowest BCUT2D eigenvalue weighted by atomic mass is 9.99. The molecule has 1 aliphatic rings. The maximum Gasteiger partial charge on any atom is 0.305 e. The minimum Gasteiger partial charge on any atom is -0.463 e. The van der Waals surface area contributed by atoms with Crippen LogP contribution in [-0.2, 0) is 19.0 Å². The molecule has 1 heterocycles. The van der Waals surface area contributed by atoms with Gasteiger partial charge in [0.25, 0.3) is 0 Å². The number of aliphatic hydroxyl groups is 3. The van der Waals surface area contributed by atoms with Gasteiger partial charge in [0.2, 0.25) is 0 Å². The average molecular weight is 278 g/mol. The zero-order valence-electron chi connectivity index (χ0n) is 11.2. The molecule has 0 spiro atoms. The van der Waals surface area contributed by atoms with Crippen LogP contribution in [0.4, 0.5) is 0 Å². The highest BCUT2D eigenvalue weighted by Crippen LogP contribution is 2.22. The van der Waals surface area contributed by atoms with Crippen LogP contribution in [0.3, 0.4) is 0 Å². The molecular formula is C12H22O7. The van der Waals surface area contributed by atoms with E-state index in [1.165, 1.54) is 7.11 Å². The predicted octanol–water partition coefficient (Wildman–Crippen LogP) is -0.826. The molecule has 0 unspecified atom stereocenters. The van der Waals surface area contributed by atoms with Gasteiger partial charge in [-0.1, -0.05) is 13.3 Å². The van der Waals surface area contributed by atoms with Crippen LogP contribution in [0.1, 0.15) is 26.2 Å². The molecule has 0 bridgehead atoms. The summed E-state index contributed by atoms with van der Waals surface area (Å²) in [6.45, 7) is 1.77. The van der Waals surface area contributed by atoms with E-state index in [9.17, 15) is 20.1 Å². The van der Waals surface area contributed by atoms with Gasteiger partial charge in [-0.05, 0) is 6.42 Å². The lowest BCUT2D eigenvalue weighted by Gasteiger charge is -2.39. The molecule has 112 valence electrons. The van der Waals surface area contributed by atoms with Crippen molar-refractivity contribution < 1.29 is 34.3 Å². The average Bonchev–Trinajstić information content (AvgIpc) is 2.41. The quantitative estimate of drug-likeness (QED) is 0.545. The fourth-order valence-corrected chi connectivity index (χ4v) is 1.82. The van der Waals surface area contributed by atoms with Crippen molar-refractivity contribution >= 4 is 5.97 Å². The first-order valence-electron chi connectivity index (χ1n) is 6.39. The van der Waals surface area contributed by atoms with Crippen molar-refractivity contribution in [2.45, 2.75) is 56.9 Å². The Labute approximate surface area is 112 Å². The number of carbonyl (C=O) groups is 1. The summed E-state index contributed by atoms with van der Waals surface area (Å²) in [5.74, 6) is -0.382. The highest BCUT2D eigenvalue weighted by molar-refractivity contribution is 5.69. The van der Waals surface area contributed by atoms with Crippen LogP contribution < -0.4 is 0 Å². The van der Waals surface area contributed by atoms with Crippen molar-refractivity contribution in [2.75, 3.05) is 13.7 Å². The first kappa shape index (κ1) is 16.3. The number of methoxy groups -OCH3 is 1. The van der Waals surface area contributed by atoms with Gasteiger partial charge in [-0.3, -0.25) is 4.79 Å². The summed E-state index contributed by atoms with van der Waals surface area (Å²) in [5, 5.41) is 28.9. The summed E-state index contributed by atoms with van der Waals surface area (Å²) in [7, 11) is 1.31. The second-order valence-corrected chi connectivity index (χ2v) is 4.54. The molecule has 19 heavy (non-hydrogen) atoms. The van der Waals surface area contributed by atoms with E-state index in [0.717, 1.165) is 12.8 Å². The van der Waals surface area contributed by atoms with Gasteiger partial charge in [0, 0.05) is 13.5 Å². The van der Waals surface area contributed by atoms with Crippen LogP contribution in [0.15, 0.2) is 0 Å². The van der Waals surface area contributed by atoms with Gasteiger partial charge in [0.1, 0.15) is 31.0 Å². The Bertz CT molecular complexity index is 281. The van der Waals surface area contributed by atoms with E-state index >= 15 is 0 Å². The van der Waals surface area contributed by atoms with E-state index in [4.69, 9.17) is 14.2 Å². The normalized spacial score (nSPS) is 35.1. The zero-order chi connectivity index (χ0) is 14.4. The standard InChI is InChI=1S/C12H22O7/c1-3-4-5-8(13)18-6-7-9(14)10(15)11(16)12(17-2)19-7/h7,9-12,14-16H,3-6H2,1-2H3/t7-,9-,10+,11-,12-/m1/s1. The van der Waals surface area contributed by atoms with Gasteiger partial charge in [-0.2, -0.15) is 0 Å². The lowest BCUT2D eigenvalue weighted by molar-refractivity contribution is -0.295. The van der Waals surface area contributed by atoms with Gasteiger partial charge in [0.05, 0.1) is 0 Å². The largest absolute Gasteiger partial charge is 0.463 e. The van der Waals surface area contributed by atoms with Crippen LogP contribution in [0.2, 0.25) is 0 Å². The molecule has 0 radical (unpaired) electrons. The minimum atomic E-state index is -1.40. The molecule has 0 saturated carbocycles. The first-order valence-corrected chi connectivity index (χ1v) is 6.39. The Hall–Kier alpha value is -0.730. The molecule has 1 fully saturated rings. The molecule has 0 amide bonds. The molecule has 0 aromatic rings. The maximum atomic E-state index is 11.3. The topological polar surface area (TPSA) is 105 Å². The molecule has 0 aromatic carbocycles. The number of esters is 1. The third-order valence-corrected chi connectivity index (χ3v) is 3.04. The van der Waals surface area contributed by atoms with E-state index in [1.54, 1.807) is 0 Å². The monoisotopic (exact) mass is 278 g/mol. The molecular weight excluding hydrogens is 256 g/mol. The zero-order valence-corrected chi connectivity index (χ0v) is 11.2. The van der Waals surface area contributed by atoms with Crippen LogP contribution in [-0.4, -0.2) is 65.7 Å². The lowest BCUT2D eigenvalue weighted by Crippen LogP contribution is -2.59. The molecule has 0 aromatic heterocycles. The summed E-state index contributed by atoms with van der Waals surface area (Å²) >= 11 is 0. The number of unbranched alkanes of at least 4 members (excludes halogenated alkanes) is 1. The maximum absolute atomic E-state index is 11.3. The third-order valence-electron chi connectivity index (χ3n) is 3.04. The molecule has 1 aliphatic heterocycles. The molecule has 7 heteroatoms. The van der Waals surface area contributed by atoms with Crippen molar-refractivity contribution in [1.82, 2.24) is 0 Å². The third kappa shape index (κ3) is 4.39. The number of rotatable bonds is 6.